The molecule has 0 aromatic carbocycles. The predicted molar refractivity (Wildman–Crippen MR) is 55.8 cm³/mol. The summed E-state index contributed by atoms with van der Waals surface area (Å²) in [4.78, 5) is 0. The molecular weight excluding hydrogens is 164 g/mol. The number of hydrogen-bond donors (Lipinski definition) is 0. The Morgan fingerprint density at radius 2 is 1.62 bits per heavy atom. The van der Waals surface area contributed by atoms with Gasteiger partial charge in [-0.3, -0.25) is 0 Å². The van der Waals surface area contributed by atoms with Gasteiger partial charge >= 0.3 is 0 Å². The molecule has 13 heavy (non-hydrogen) atoms. The van der Waals surface area contributed by atoms with Gasteiger partial charge in [0.25, 0.3) is 0 Å². The number of hydrogen-bond acceptors (Lipinski definition) is 2. The summed E-state index contributed by atoms with van der Waals surface area (Å²) in [7, 11) is 1.67. The van der Waals surface area contributed by atoms with Crippen LogP contribution in [0.1, 0.15) is 52.4 Å². The molecule has 0 radical (unpaired) electrons. The topological polar surface area (TPSA) is 18.5 Å². The van der Waals surface area contributed by atoms with E-state index in [0.717, 1.165) is 13.0 Å². The minimum Gasteiger partial charge on any atom is -0.356 e. The molecule has 0 N–H and O–H groups in total. The average molecular weight is 188 g/mol. The molecule has 0 aliphatic carbocycles. The van der Waals surface area contributed by atoms with Crippen LogP contribution in [0.2, 0.25) is 0 Å². The molecule has 0 aromatic rings. The molecule has 0 fully saturated rings. The van der Waals surface area contributed by atoms with E-state index in [9.17, 15) is 0 Å². The van der Waals surface area contributed by atoms with Crippen LogP contribution in [0.4, 0.5) is 0 Å². The summed E-state index contributed by atoms with van der Waals surface area (Å²) in [5.41, 5.74) is 0. The van der Waals surface area contributed by atoms with Gasteiger partial charge in [0.1, 0.15) is 0 Å². The molecule has 0 aliphatic heterocycles. The van der Waals surface area contributed by atoms with E-state index in [-0.39, 0.29) is 6.29 Å². The fourth-order valence-corrected chi connectivity index (χ4v) is 1.20. The van der Waals surface area contributed by atoms with Crippen molar-refractivity contribution in [3.05, 3.63) is 0 Å². The Morgan fingerprint density at radius 3 is 2.23 bits per heavy atom. The van der Waals surface area contributed by atoms with E-state index in [1.807, 2.05) is 6.92 Å². The molecule has 1 unspecified atom stereocenters. The highest BCUT2D eigenvalue weighted by atomic mass is 16.7. The molecule has 0 spiro atoms. The van der Waals surface area contributed by atoms with Crippen molar-refractivity contribution in [1.29, 1.82) is 0 Å². The lowest BCUT2D eigenvalue weighted by Crippen LogP contribution is -2.10. The molecule has 0 aromatic heterocycles. The van der Waals surface area contributed by atoms with Gasteiger partial charge < -0.3 is 9.47 Å². The van der Waals surface area contributed by atoms with Crippen molar-refractivity contribution >= 4 is 0 Å². The van der Waals surface area contributed by atoms with Gasteiger partial charge in [0.15, 0.2) is 6.29 Å². The van der Waals surface area contributed by atoms with Crippen molar-refractivity contribution in [3.8, 4) is 0 Å². The second kappa shape index (κ2) is 10.0. The first-order chi connectivity index (χ1) is 6.31. The zero-order valence-corrected chi connectivity index (χ0v) is 9.34. The number of unbranched alkanes of at least 4 members (excludes halogenated alkanes) is 5. The van der Waals surface area contributed by atoms with Crippen molar-refractivity contribution in [2.75, 3.05) is 13.7 Å². The highest BCUT2D eigenvalue weighted by Crippen LogP contribution is 2.05. The highest BCUT2D eigenvalue weighted by molar-refractivity contribution is 4.43. The van der Waals surface area contributed by atoms with Gasteiger partial charge in [-0.05, 0) is 13.3 Å². The van der Waals surface area contributed by atoms with Gasteiger partial charge in [0.2, 0.25) is 0 Å². The third kappa shape index (κ3) is 9.84. The van der Waals surface area contributed by atoms with E-state index in [0.29, 0.717) is 0 Å². The Morgan fingerprint density at radius 1 is 1.00 bits per heavy atom. The van der Waals surface area contributed by atoms with Crippen molar-refractivity contribution in [3.63, 3.8) is 0 Å². The molecular formula is C11H24O2. The van der Waals surface area contributed by atoms with Crippen molar-refractivity contribution < 1.29 is 9.47 Å². The first-order valence-electron chi connectivity index (χ1n) is 5.45. The van der Waals surface area contributed by atoms with Gasteiger partial charge in [-0.25, -0.2) is 0 Å². The lowest BCUT2D eigenvalue weighted by molar-refractivity contribution is -0.111. The third-order valence-corrected chi connectivity index (χ3v) is 2.18. The Balaban J connectivity index is 2.91. The Kier molecular flexibility index (Phi) is 9.94. The maximum atomic E-state index is 5.38. The molecule has 0 saturated heterocycles. The summed E-state index contributed by atoms with van der Waals surface area (Å²) in [6.07, 6.45) is 7.81. The third-order valence-electron chi connectivity index (χ3n) is 2.18. The first kappa shape index (κ1) is 12.9. The van der Waals surface area contributed by atoms with Crippen LogP contribution in [0.5, 0.6) is 0 Å². The normalized spacial score (nSPS) is 13.2. The fraction of sp³-hybridized carbons (Fsp3) is 1.00. The van der Waals surface area contributed by atoms with Crippen LogP contribution in [-0.4, -0.2) is 20.0 Å². The van der Waals surface area contributed by atoms with Crippen LogP contribution < -0.4 is 0 Å². The van der Waals surface area contributed by atoms with E-state index >= 15 is 0 Å². The molecule has 2 heteroatoms. The minimum absolute atomic E-state index is 0.0457. The van der Waals surface area contributed by atoms with Crippen LogP contribution in [0, 0.1) is 0 Å². The second-order valence-corrected chi connectivity index (χ2v) is 3.44. The van der Waals surface area contributed by atoms with Gasteiger partial charge in [-0.15, -0.1) is 0 Å². The Hall–Kier alpha value is -0.0800. The molecule has 80 valence electrons. The fourth-order valence-electron chi connectivity index (χ4n) is 1.20. The molecule has 2 nitrogen and oxygen atoms in total. The predicted octanol–water partition coefficient (Wildman–Crippen LogP) is 3.36. The van der Waals surface area contributed by atoms with Crippen LogP contribution in [0.3, 0.4) is 0 Å². The van der Waals surface area contributed by atoms with Gasteiger partial charge in [-0.1, -0.05) is 39.0 Å². The summed E-state index contributed by atoms with van der Waals surface area (Å²) < 4.78 is 10.3. The quantitative estimate of drug-likeness (QED) is 0.408. The van der Waals surface area contributed by atoms with E-state index in [2.05, 4.69) is 6.92 Å². The highest BCUT2D eigenvalue weighted by Gasteiger charge is 1.97. The van der Waals surface area contributed by atoms with Crippen molar-refractivity contribution in [2.45, 2.75) is 58.7 Å². The average Bonchev–Trinajstić information content (AvgIpc) is 2.16. The molecule has 0 amide bonds. The molecule has 0 bridgehead atoms. The number of ether oxygens (including phenoxy) is 2. The summed E-state index contributed by atoms with van der Waals surface area (Å²) in [5, 5.41) is 0. The summed E-state index contributed by atoms with van der Waals surface area (Å²) in [5.74, 6) is 0. The molecule has 0 rings (SSSR count). The lowest BCUT2D eigenvalue weighted by atomic mass is 10.1. The zero-order valence-electron chi connectivity index (χ0n) is 9.34. The Labute approximate surface area is 82.6 Å². The van der Waals surface area contributed by atoms with Crippen molar-refractivity contribution in [2.24, 2.45) is 0 Å². The molecule has 0 aliphatic rings. The maximum absolute atomic E-state index is 5.38. The summed E-state index contributed by atoms with van der Waals surface area (Å²) >= 11 is 0. The number of methoxy groups -OCH3 is 1. The zero-order chi connectivity index (χ0) is 9.94. The van der Waals surface area contributed by atoms with Crippen LogP contribution in [0.25, 0.3) is 0 Å². The van der Waals surface area contributed by atoms with Gasteiger partial charge in [0.05, 0.1) is 0 Å². The van der Waals surface area contributed by atoms with Crippen LogP contribution >= 0.6 is 0 Å². The van der Waals surface area contributed by atoms with Gasteiger partial charge in [0, 0.05) is 13.7 Å². The smallest absolute Gasteiger partial charge is 0.154 e. The SMILES string of the molecule is CCCCCCCCOC(C)OC. The second-order valence-electron chi connectivity index (χ2n) is 3.44. The van der Waals surface area contributed by atoms with E-state index < -0.39 is 0 Å². The van der Waals surface area contributed by atoms with E-state index in [1.165, 1.54) is 32.1 Å². The van der Waals surface area contributed by atoms with Crippen molar-refractivity contribution in [1.82, 2.24) is 0 Å². The number of rotatable bonds is 9. The minimum atomic E-state index is -0.0457. The maximum Gasteiger partial charge on any atom is 0.154 e. The molecule has 0 saturated carbocycles. The van der Waals surface area contributed by atoms with Crippen LogP contribution in [-0.2, 0) is 9.47 Å². The first-order valence-corrected chi connectivity index (χ1v) is 5.45. The van der Waals surface area contributed by atoms with E-state index in [4.69, 9.17) is 9.47 Å². The largest absolute Gasteiger partial charge is 0.356 e. The monoisotopic (exact) mass is 188 g/mol. The van der Waals surface area contributed by atoms with E-state index in [1.54, 1.807) is 7.11 Å². The standard InChI is InChI=1S/C11H24O2/c1-4-5-6-7-8-9-10-13-11(2)12-3/h11H,4-10H2,1-3H3. The molecule has 0 heterocycles. The Bertz CT molecular complexity index is 94.1. The van der Waals surface area contributed by atoms with Crippen LogP contribution in [0.15, 0.2) is 0 Å². The lowest BCUT2D eigenvalue weighted by Gasteiger charge is -2.10. The summed E-state index contributed by atoms with van der Waals surface area (Å²) in [6.45, 7) is 5.00. The molecule has 1 atom stereocenters. The summed E-state index contributed by atoms with van der Waals surface area (Å²) in [6, 6.07) is 0. The van der Waals surface area contributed by atoms with Gasteiger partial charge in [-0.2, -0.15) is 0 Å².